The first-order valence-electron chi connectivity index (χ1n) is 10.4. The smallest absolute Gasteiger partial charge is 0.342 e. The number of nitrogens with zero attached hydrogens (tertiary/aromatic N) is 2. The number of esters is 1. The van der Waals surface area contributed by atoms with Crippen molar-refractivity contribution in [2.75, 3.05) is 13.7 Å². The summed E-state index contributed by atoms with van der Waals surface area (Å²) in [5.41, 5.74) is 1.88. The molecule has 1 aromatic carbocycles. The second-order valence-electron chi connectivity index (χ2n) is 8.08. The predicted octanol–water partition coefficient (Wildman–Crippen LogP) is 4.06. The van der Waals surface area contributed by atoms with Gasteiger partial charge in [-0.1, -0.05) is 24.2 Å². The summed E-state index contributed by atoms with van der Waals surface area (Å²) in [5, 5.41) is 3.91. The van der Waals surface area contributed by atoms with E-state index in [2.05, 4.69) is 12.1 Å². The number of aromatic nitrogens is 1. The van der Waals surface area contributed by atoms with Gasteiger partial charge in [0, 0.05) is 13.1 Å². The Morgan fingerprint density at radius 3 is 2.53 bits per heavy atom. The molecule has 7 heteroatoms. The van der Waals surface area contributed by atoms with E-state index in [9.17, 15) is 9.59 Å². The van der Waals surface area contributed by atoms with Crippen LogP contribution in [0.4, 0.5) is 0 Å². The number of likely N-dealkylation sites (N-methyl/N-ethyl adjacent to an activating group) is 1. The fraction of sp³-hybridized carbons (Fsp3) is 0.522. The molecule has 1 aromatic heterocycles. The molecule has 0 N–H and O–H groups in total. The zero-order valence-corrected chi connectivity index (χ0v) is 18.1. The first-order chi connectivity index (χ1) is 14.4. The molecule has 1 fully saturated rings. The van der Waals surface area contributed by atoms with Crippen LogP contribution < -0.4 is 4.74 Å². The number of carbonyl (C=O) groups is 2. The highest BCUT2D eigenvalue weighted by atomic mass is 16.5. The van der Waals surface area contributed by atoms with E-state index >= 15 is 0 Å². The van der Waals surface area contributed by atoms with Gasteiger partial charge in [0.25, 0.3) is 5.91 Å². The van der Waals surface area contributed by atoms with Crippen molar-refractivity contribution in [3.05, 3.63) is 46.8 Å². The zero-order valence-electron chi connectivity index (χ0n) is 18.1. The second kappa shape index (κ2) is 9.78. The molecule has 1 heterocycles. The van der Waals surface area contributed by atoms with E-state index < -0.39 is 5.97 Å². The lowest BCUT2D eigenvalue weighted by Gasteiger charge is -2.33. The number of hydrogen-bond donors (Lipinski definition) is 0. The van der Waals surface area contributed by atoms with Crippen molar-refractivity contribution in [2.24, 2.45) is 5.92 Å². The summed E-state index contributed by atoms with van der Waals surface area (Å²) in [6, 6.07) is 7.06. The van der Waals surface area contributed by atoms with Crippen LogP contribution in [0.25, 0.3) is 0 Å². The van der Waals surface area contributed by atoms with E-state index in [1.165, 1.54) is 0 Å². The van der Waals surface area contributed by atoms with E-state index in [0.717, 1.165) is 36.9 Å². The minimum atomic E-state index is -0.580. The van der Waals surface area contributed by atoms with Crippen molar-refractivity contribution in [3.63, 3.8) is 0 Å². The number of rotatable bonds is 7. The molecule has 1 saturated carbocycles. The molecule has 1 aliphatic rings. The highest BCUT2D eigenvalue weighted by Crippen LogP contribution is 2.27. The summed E-state index contributed by atoms with van der Waals surface area (Å²) in [4.78, 5) is 26.8. The molecule has 0 radical (unpaired) electrons. The monoisotopic (exact) mass is 414 g/mol. The van der Waals surface area contributed by atoms with Crippen LogP contribution in [0.2, 0.25) is 0 Å². The van der Waals surface area contributed by atoms with Crippen molar-refractivity contribution in [3.8, 4) is 5.75 Å². The molecule has 7 nitrogen and oxygen atoms in total. The molecule has 0 atom stereocenters. The maximum Gasteiger partial charge on any atom is 0.342 e. The van der Waals surface area contributed by atoms with Crippen LogP contribution in [0.15, 0.2) is 28.8 Å². The van der Waals surface area contributed by atoms with Gasteiger partial charge >= 0.3 is 5.97 Å². The van der Waals surface area contributed by atoms with Crippen LogP contribution in [0.1, 0.15) is 60.0 Å². The van der Waals surface area contributed by atoms with Gasteiger partial charge in [-0.25, -0.2) is 4.79 Å². The molecule has 1 aliphatic carbocycles. The van der Waals surface area contributed by atoms with E-state index in [-0.39, 0.29) is 30.7 Å². The molecular weight excluding hydrogens is 384 g/mol. The Hall–Kier alpha value is -2.83. The molecule has 0 aliphatic heterocycles. The number of para-hydroxylation sites is 1. The summed E-state index contributed by atoms with van der Waals surface area (Å²) in [6.07, 6.45) is 4.24. The Labute approximate surface area is 177 Å². The molecule has 0 saturated heterocycles. The summed E-state index contributed by atoms with van der Waals surface area (Å²) >= 11 is 0. The van der Waals surface area contributed by atoms with Crippen LogP contribution in [0.3, 0.4) is 0 Å². The van der Waals surface area contributed by atoms with Crippen molar-refractivity contribution in [2.45, 2.75) is 59.1 Å². The standard InChI is InChI=1S/C23H30N2O5/c1-15-9-11-18(12-10-15)25(4)22(26)14-29-23(27)19-7-5-6-8-21(19)28-13-20-16(2)24-30-17(20)3/h5-8,15,18H,9-14H2,1-4H3. The van der Waals surface area contributed by atoms with Crippen LogP contribution in [0, 0.1) is 19.8 Å². The Morgan fingerprint density at radius 2 is 1.87 bits per heavy atom. The lowest BCUT2D eigenvalue weighted by molar-refractivity contribution is -0.136. The number of aryl methyl sites for hydroxylation is 2. The fourth-order valence-corrected chi connectivity index (χ4v) is 3.76. The molecular formula is C23H30N2O5. The minimum Gasteiger partial charge on any atom is -0.488 e. The fourth-order valence-electron chi connectivity index (χ4n) is 3.76. The lowest BCUT2D eigenvalue weighted by Crippen LogP contribution is -2.41. The average molecular weight is 415 g/mol. The van der Waals surface area contributed by atoms with Gasteiger partial charge in [-0.3, -0.25) is 4.79 Å². The van der Waals surface area contributed by atoms with Crippen LogP contribution in [-0.4, -0.2) is 41.6 Å². The lowest BCUT2D eigenvalue weighted by atomic mass is 9.87. The number of ether oxygens (including phenoxy) is 2. The molecule has 162 valence electrons. The summed E-state index contributed by atoms with van der Waals surface area (Å²) in [7, 11) is 1.79. The normalized spacial score (nSPS) is 18.7. The summed E-state index contributed by atoms with van der Waals surface area (Å²) in [5.74, 6) is 1.02. The number of hydrogen-bond acceptors (Lipinski definition) is 6. The third-order valence-corrected chi connectivity index (χ3v) is 5.91. The Balaban J connectivity index is 1.57. The summed E-state index contributed by atoms with van der Waals surface area (Å²) < 4.78 is 16.3. The van der Waals surface area contributed by atoms with Gasteiger partial charge < -0.3 is 18.9 Å². The number of carbonyl (C=O) groups excluding carboxylic acids is 2. The second-order valence-corrected chi connectivity index (χ2v) is 8.08. The topological polar surface area (TPSA) is 81.9 Å². The SMILES string of the molecule is Cc1noc(C)c1COc1ccccc1C(=O)OCC(=O)N(C)C1CCC(C)CC1. The van der Waals surface area contributed by atoms with Crippen LogP contribution in [-0.2, 0) is 16.1 Å². The Morgan fingerprint density at radius 1 is 1.17 bits per heavy atom. The predicted molar refractivity (Wildman–Crippen MR) is 111 cm³/mol. The number of benzene rings is 1. The van der Waals surface area contributed by atoms with Crippen molar-refractivity contribution in [1.29, 1.82) is 0 Å². The Bertz CT molecular complexity index is 864. The van der Waals surface area contributed by atoms with Gasteiger partial charge in [-0.15, -0.1) is 0 Å². The van der Waals surface area contributed by atoms with Gasteiger partial charge in [-0.2, -0.15) is 0 Å². The molecule has 30 heavy (non-hydrogen) atoms. The highest BCUT2D eigenvalue weighted by Gasteiger charge is 2.26. The van der Waals surface area contributed by atoms with Gasteiger partial charge in [0.2, 0.25) is 0 Å². The van der Waals surface area contributed by atoms with E-state index in [1.54, 1.807) is 36.2 Å². The van der Waals surface area contributed by atoms with Gasteiger partial charge in [0.1, 0.15) is 23.7 Å². The van der Waals surface area contributed by atoms with E-state index in [4.69, 9.17) is 14.0 Å². The van der Waals surface area contributed by atoms with E-state index in [1.807, 2.05) is 13.8 Å². The molecule has 2 aromatic rings. The molecule has 0 bridgehead atoms. The number of amides is 1. The van der Waals surface area contributed by atoms with Crippen LogP contribution >= 0.6 is 0 Å². The van der Waals surface area contributed by atoms with Gasteiger partial charge in [-0.05, 0) is 57.6 Å². The van der Waals surface area contributed by atoms with Crippen molar-refractivity contribution >= 4 is 11.9 Å². The third kappa shape index (κ3) is 5.20. The Kier molecular flexibility index (Phi) is 7.13. The minimum absolute atomic E-state index is 0.183. The molecule has 0 spiro atoms. The maximum absolute atomic E-state index is 12.6. The third-order valence-electron chi connectivity index (χ3n) is 5.91. The highest BCUT2D eigenvalue weighted by molar-refractivity contribution is 5.94. The van der Waals surface area contributed by atoms with Crippen molar-refractivity contribution in [1.82, 2.24) is 10.1 Å². The van der Waals surface area contributed by atoms with Gasteiger partial charge in [0.15, 0.2) is 6.61 Å². The van der Waals surface area contributed by atoms with Crippen molar-refractivity contribution < 1.29 is 23.6 Å². The average Bonchev–Trinajstić information content (AvgIpc) is 3.07. The first-order valence-corrected chi connectivity index (χ1v) is 10.4. The largest absolute Gasteiger partial charge is 0.488 e. The maximum atomic E-state index is 12.6. The molecule has 3 rings (SSSR count). The van der Waals surface area contributed by atoms with E-state index in [0.29, 0.717) is 17.4 Å². The van der Waals surface area contributed by atoms with Gasteiger partial charge in [0.05, 0.1) is 11.3 Å². The quantitative estimate of drug-likeness (QED) is 0.636. The summed E-state index contributed by atoms with van der Waals surface area (Å²) in [6.45, 7) is 5.84. The molecule has 1 amide bonds. The molecule has 0 unspecified atom stereocenters. The first kappa shape index (κ1) is 21.9. The zero-order chi connectivity index (χ0) is 21.7. The van der Waals surface area contributed by atoms with Crippen LogP contribution in [0.5, 0.6) is 5.75 Å².